The van der Waals surface area contributed by atoms with E-state index in [0.29, 0.717) is 41.4 Å². The van der Waals surface area contributed by atoms with E-state index in [9.17, 15) is 9.59 Å². The Balaban J connectivity index is 1.60. The summed E-state index contributed by atoms with van der Waals surface area (Å²) in [6.07, 6.45) is 2.61. The molecule has 0 fully saturated rings. The Kier molecular flexibility index (Phi) is 9.92. The Bertz CT molecular complexity index is 1120. The highest BCUT2D eigenvalue weighted by atomic mass is 16.5. The van der Waals surface area contributed by atoms with Gasteiger partial charge in [0.25, 0.3) is 0 Å². The minimum absolute atomic E-state index is 0.0491. The number of hydrogen-bond acceptors (Lipinski definition) is 5. The van der Waals surface area contributed by atoms with E-state index in [1.807, 2.05) is 55.5 Å². The van der Waals surface area contributed by atoms with E-state index in [1.165, 1.54) is 6.92 Å². The molecular formula is C30H34O6. The van der Waals surface area contributed by atoms with Crippen LogP contribution in [0.2, 0.25) is 0 Å². The minimum Gasteiger partial charge on any atom is -0.493 e. The number of ketones is 1. The molecule has 6 nitrogen and oxygen atoms in total. The van der Waals surface area contributed by atoms with Crippen LogP contribution in [0, 0.1) is 0 Å². The molecule has 1 N–H and O–H groups in total. The van der Waals surface area contributed by atoms with E-state index in [4.69, 9.17) is 19.3 Å². The second kappa shape index (κ2) is 13.3. The molecule has 0 aliphatic rings. The first kappa shape index (κ1) is 26.8. The second-order valence-corrected chi connectivity index (χ2v) is 8.76. The number of carbonyl (C=O) groups is 2. The summed E-state index contributed by atoms with van der Waals surface area (Å²) in [6.45, 7) is 6.00. The van der Waals surface area contributed by atoms with E-state index < -0.39 is 12.1 Å². The van der Waals surface area contributed by atoms with Crippen LogP contribution in [0.25, 0.3) is 0 Å². The smallest absolute Gasteiger partial charge is 0.344 e. The highest BCUT2D eigenvalue weighted by Crippen LogP contribution is 2.26. The van der Waals surface area contributed by atoms with E-state index >= 15 is 0 Å². The SMILES string of the molecule is CCCCc1ccc(OC(C)CCOc2ccc(OC(C)C(=O)O)cc2)c(C(=O)c2ccccc2)c1. The predicted molar refractivity (Wildman–Crippen MR) is 139 cm³/mol. The molecule has 0 saturated carbocycles. The van der Waals surface area contributed by atoms with Crippen molar-refractivity contribution in [3.63, 3.8) is 0 Å². The Labute approximate surface area is 212 Å². The molecule has 3 aromatic rings. The van der Waals surface area contributed by atoms with Gasteiger partial charge in [-0.2, -0.15) is 0 Å². The summed E-state index contributed by atoms with van der Waals surface area (Å²) in [7, 11) is 0. The lowest BCUT2D eigenvalue weighted by atomic mass is 9.98. The summed E-state index contributed by atoms with van der Waals surface area (Å²) in [4.78, 5) is 24.2. The van der Waals surface area contributed by atoms with Crippen molar-refractivity contribution in [3.05, 3.63) is 89.5 Å². The first-order valence-corrected chi connectivity index (χ1v) is 12.4. The Morgan fingerprint density at radius 2 is 1.58 bits per heavy atom. The van der Waals surface area contributed by atoms with Crippen molar-refractivity contribution in [2.75, 3.05) is 6.61 Å². The van der Waals surface area contributed by atoms with Crippen LogP contribution in [-0.4, -0.2) is 35.7 Å². The molecule has 190 valence electrons. The zero-order valence-electron chi connectivity index (χ0n) is 21.1. The van der Waals surface area contributed by atoms with Gasteiger partial charge in [-0.25, -0.2) is 4.79 Å². The molecule has 6 heteroatoms. The van der Waals surface area contributed by atoms with Crippen LogP contribution in [0.1, 0.15) is 61.5 Å². The van der Waals surface area contributed by atoms with Crippen molar-refractivity contribution < 1.29 is 28.9 Å². The highest BCUT2D eigenvalue weighted by Gasteiger charge is 2.18. The number of ether oxygens (including phenoxy) is 3. The molecule has 2 unspecified atom stereocenters. The fraction of sp³-hybridized carbons (Fsp3) is 0.333. The van der Waals surface area contributed by atoms with E-state index in [-0.39, 0.29) is 11.9 Å². The van der Waals surface area contributed by atoms with Gasteiger partial charge in [0.1, 0.15) is 17.2 Å². The number of rotatable bonds is 14. The quantitative estimate of drug-likeness (QED) is 0.265. The average molecular weight is 491 g/mol. The first-order chi connectivity index (χ1) is 17.4. The van der Waals surface area contributed by atoms with Gasteiger partial charge in [-0.3, -0.25) is 4.79 Å². The number of carbonyl (C=O) groups excluding carboxylic acids is 1. The Hall–Kier alpha value is -3.80. The van der Waals surface area contributed by atoms with Crippen molar-refractivity contribution in [2.24, 2.45) is 0 Å². The standard InChI is InChI=1S/C30H34O6/c1-4-5-9-23-12-17-28(27(20-23)29(31)24-10-7-6-8-11-24)35-21(2)18-19-34-25-13-15-26(16-14-25)36-22(3)30(32)33/h6-8,10-17,20-22H,4-5,9,18-19H2,1-3H3,(H,32,33). The fourth-order valence-electron chi connectivity index (χ4n) is 3.63. The van der Waals surface area contributed by atoms with Crippen LogP contribution in [0.5, 0.6) is 17.2 Å². The van der Waals surface area contributed by atoms with Crippen molar-refractivity contribution in [1.29, 1.82) is 0 Å². The molecular weight excluding hydrogens is 456 g/mol. The summed E-state index contributed by atoms with van der Waals surface area (Å²) >= 11 is 0. The number of hydrogen-bond donors (Lipinski definition) is 1. The molecule has 0 aliphatic heterocycles. The van der Waals surface area contributed by atoms with Crippen LogP contribution < -0.4 is 14.2 Å². The first-order valence-electron chi connectivity index (χ1n) is 12.4. The van der Waals surface area contributed by atoms with Gasteiger partial charge in [0.15, 0.2) is 11.9 Å². The van der Waals surface area contributed by atoms with Crippen LogP contribution in [0.3, 0.4) is 0 Å². The van der Waals surface area contributed by atoms with Crippen LogP contribution in [0.15, 0.2) is 72.8 Å². The lowest BCUT2D eigenvalue weighted by molar-refractivity contribution is -0.144. The normalized spacial score (nSPS) is 12.4. The van der Waals surface area contributed by atoms with Gasteiger partial charge in [0.2, 0.25) is 0 Å². The average Bonchev–Trinajstić information content (AvgIpc) is 2.89. The van der Waals surface area contributed by atoms with Gasteiger partial charge < -0.3 is 19.3 Å². The van der Waals surface area contributed by atoms with Gasteiger partial charge in [-0.1, -0.05) is 49.7 Å². The molecule has 0 radical (unpaired) electrons. The summed E-state index contributed by atoms with van der Waals surface area (Å²) in [5, 5.41) is 8.94. The summed E-state index contributed by atoms with van der Waals surface area (Å²) < 4.78 is 17.3. The number of aryl methyl sites for hydroxylation is 1. The number of unbranched alkanes of at least 4 members (excludes halogenated alkanes) is 1. The number of carboxylic acids is 1. The molecule has 0 heterocycles. The maximum Gasteiger partial charge on any atom is 0.344 e. The van der Waals surface area contributed by atoms with E-state index in [2.05, 4.69) is 6.92 Å². The van der Waals surface area contributed by atoms with Gasteiger partial charge in [0.05, 0.1) is 18.3 Å². The van der Waals surface area contributed by atoms with Crippen molar-refractivity contribution in [3.8, 4) is 17.2 Å². The number of benzene rings is 3. The third-order valence-electron chi connectivity index (χ3n) is 5.75. The second-order valence-electron chi connectivity index (χ2n) is 8.76. The zero-order valence-corrected chi connectivity index (χ0v) is 21.1. The summed E-state index contributed by atoms with van der Waals surface area (Å²) in [5.41, 5.74) is 2.34. The molecule has 0 spiro atoms. The number of aliphatic carboxylic acids is 1. The van der Waals surface area contributed by atoms with Gasteiger partial charge in [-0.15, -0.1) is 0 Å². The molecule has 2 atom stereocenters. The lowest BCUT2D eigenvalue weighted by Crippen LogP contribution is -2.22. The maximum atomic E-state index is 13.3. The van der Waals surface area contributed by atoms with Gasteiger partial charge >= 0.3 is 5.97 Å². The maximum absolute atomic E-state index is 13.3. The van der Waals surface area contributed by atoms with E-state index in [0.717, 1.165) is 24.8 Å². The Morgan fingerprint density at radius 1 is 0.889 bits per heavy atom. The topological polar surface area (TPSA) is 82.1 Å². The number of carboxylic acid groups (broad SMARTS) is 1. The van der Waals surface area contributed by atoms with E-state index in [1.54, 1.807) is 24.3 Å². The monoisotopic (exact) mass is 490 g/mol. The van der Waals surface area contributed by atoms with Crippen molar-refractivity contribution >= 4 is 11.8 Å². The molecule has 3 aromatic carbocycles. The zero-order chi connectivity index (χ0) is 25.9. The van der Waals surface area contributed by atoms with Crippen LogP contribution >= 0.6 is 0 Å². The van der Waals surface area contributed by atoms with Gasteiger partial charge in [-0.05, 0) is 68.7 Å². The molecule has 0 aliphatic carbocycles. The lowest BCUT2D eigenvalue weighted by Gasteiger charge is -2.18. The van der Waals surface area contributed by atoms with Crippen molar-refractivity contribution in [1.82, 2.24) is 0 Å². The van der Waals surface area contributed by atoms with Gasteiger partial charge in [0, 0.05) is 12.0 Å². The summed E-state index contributed by atoms with van der Waals surface area (Å²) in [5.74, 6) is 0.621. The Morgan fingerprint density at radius 3 is 2.25 bits per heavy atom. The molecule has 0 aromatic heterocycles. The molecule has 0 amide bonds. The molecule has 3 rings (SSSR count). The molecule has 0 bridgehead atoms. The van der Waals surface area contributed by atoms with Crippen LogP contribution in [-0.2, 0) is 11.2 Å². The minimum atomic E-state index is -1.02. The predicted octanol–water partition coefficient (Wildman–Crippen LogP) is 6.35. The largest absolute Gasteiger partial charge is 0.493 e. The van der Waals surface area contributed by atoms with Crippen LogP contribution in [0.4, 0.5) is 0 Å². The third-order valence-corrected chi connectivity index (χ3v) is 5.75. The highest BCUT2D eigenvalue weighted by molar-refractivity contribution is 6.10. The van der Waals surface area contributed by atoms with Crippen molar-refractivity contribution in [2.45, 2.75) is 58.7 Å². The third kappa shape index (κ3) is 7.87. The fourth-order valence-corrected chi connectivity index (χ4v) is 3.63. The molecule has 0 saturated heterocycles. The molecule has 36 heavy (non-hydrogen) atoms. The summed E-state index contributed by atoms with van der Waals surface area (Å²) in [6, 6.07) is 22.0.